The summed E-state index contributed by atoms with van der Waals surface area (Å²) >= 11 is 0. The molecule has 2 bridgehead atoms. The maximum absolute atomic E-state index is 13.1. The summed E-state index contributed by atoms with van der Waals surface area (Å²) in [6.45, 7) is 6.02. The number of methoxy groups -OCH3 is 1. The molecule has 0 unspecified atom stereocenters. The molecule has 1 aromatic rings. The van der Waals surface area contributed by atoms with Crippen LogP contribution >= 0.6 is 0 Å². The first-order valence-electron chi connectivity index (χ1n) is 10.4. The van der Waals surface area contributed by atoms with Gasteiger partial charge in [0, 0.05) is 24.7 Å². The van der Waals surface area contributed by atoms with Crippen LogP contribution in [0.2, 0.25) is 0 Å². The zero-order valence-electron chi connectivity index (χ0n) is 17.3. The van der Waals surface area contributed by atoms with Crippen LogP contribution in [0.4, 0.5) is 4.39 Å². The molecule has 1 amide bonds. The normalized spacial score (nSPS) is 30.3. The second-order valence-corrected chi connectivity index (χ2v) is 9.20. The van der Waals surface area contributed by atoms with Gasteiger partial charge < -0.3 is 10.1 Å². The number of halogens is 1. The number of esters is 1. The molecule has 0 spiro atoms. The van der Waals surface area contributed by atoms with Gasteiger partial charge in [-0.2, -0.15) is 0 Å². The van der Waals surface area contributed by atoms with Crippen LogP contribution in [-0.4, -0.2) is 49.1 Å². The van der Waals surface area contributed by atoms with Gasteiger partial charge in [0.25, 0.3) is 5.91 Å². The average Bonchev–Trinajstić information content (AvgIpc) is 3.09. The Morgan fingerprint density at radius 2 is 1.97 bits per heavy atom. The summed E-state index contributed by atoms with van der Waals surface area (Å²) < 4.78 is 18.1. The molecular formula is C23H29FN2O3. The quantitative estimate of drug-likeness (QED) is 0.609. The Balaban J connectivity index is 1.44. The Hall–Kier alpha value is -2.21. The summed E-state index contributed by atoms with van der Waals surface area (Å²) in [7, 11) is 1.41. The Labute approximate surface area is 171 Å². The molecule has 1 aliphatic heterocycles. The molecule has 0 radical (unpaired) electrons. The van der Waals surface area contributed by atoms with Gasteiger partial charge in [0.1, 0.15) is 11.9 Å². The Kier molecular flexibility index (Phi) is 5.23. The molecule has 5 nitrogen and oxygen atoms in total. The molecule has 0 aromatic heterocycles. The molecule has 3 aliphatic carbocycles. The molecule has 6 heteroatoms. The predicted octanol–water partition coefficient (Wildman–Crippen LogP) is 3.16. The summed E-state index contributed by atoms with van der Waals surface area (Å²) in [6.07, 6.45) is 5.22. The fraction of sp³-hybridized carbons (Fsp3) is 0.565. The van der Waals surface area contributed by atoms with Gasteiger partial charge in [-0.3, -0.25) is 14.5 Å². The second kappa shape index (κ2) is 7.56. The summed E-state index contributed by atoms with van der Waals surface area (Å²) in [5.41, 5.74) is 2.16. The van der Waals surface area contributed by atoms with Crippen LogP contribution < -0.4 is 5.32 Å². The van der Waals surface area contributed by atoms with Crippen molar-refractivity contribution < 1.29 is 18.7 Å². The first kappa shape index (κ1) is 20.1. The number of carbonyl (C=O) groups excluding carboxylic acids is 2. The molecule has 4 atom stereocenters. The van der Waals surface area contributed by atoms with Gasteiger partial charge in [-0.25, -0.2) is 4.39 Å². The standard InChI is InChI=1S/C23H29FN2O3/c1-23(2)16-7-4-15(19(23)10-16)12-26-13-18(11-20(26)22(28)29-3)25-21(27)14-5-8-17(24)9-6-14/h4-6,8-9,16,18-20H,7,10-13H2,1-3H3,(H,25,27)/t16-,18+,19-,20-/m0/s1. The number of carbonyl (C=O) groups is 2. The van der Waals surface area contributed by atoms with Gasteiger partial charge >= 0.3 is 5.97 Å². The van der Waals surface area contributed by atoms with Crippen molar-refractivity contribution in [2.24, 2.45) is 17.3 Å². The number of benzene rings is 1. The minimum atomic E-state index is -0.374. The Morgan fingerprint density at radius 1 is 1.24 bits per heavy atom. The van der Waals surface area contributed by atoms with E-state index in [-0.39, 0.29) is 29.8 Å². The van der Waals surface area contributed by atoms with Gasteiger partial charge in [-0.1, -0.05) is 25.5 Å². The van der Waals surface area contributed by atoms with E-state index in [9.17, 15) is 14.0 Å². The monoisotopic (exact) mass is 400 g/mol. The topological polar surface area (TPSA) is 58.6 Å². The third-order valence-corrected chi connectivity index (χ3v) is 7.29. The fourth-order valence-corrected chi connectivity index (χ4v) is 5.32. The molecular weight excluding hydrogens is 371 g/mol. The van der Waals surface area contributed by atoms with E-state index in [1.807, 2.05) is 0 Å². The van der Waals surface area contributed by atoms with Crippen molar-refractivity contribution >= 4 is 11.9 Å². The first-order valence-corrected chi connectivity index (χ1v) is 10.4. The number of allylic oxidation sites excluding steroid dienone is 1. The third kappa shape index (κ3) is 3.70. The van der Waals surface area contributed by atoms with E-state index >= 15 is 0 Å². The van der Waals surface area contributed by atoms with Gasteiger partial charge in [0.05, 0.1) is 7.11 Å². The van der Waals surface area contributed by atoms with Gasteiger partial charge in [0.2, 0.25) is 0 Å². The van der Waals surface area contributed by atoms with Crippen LogP contribution in [0.25, 0.3) is 0 Å². The van der Waals surface area contributed by atoms with Crippen molar-refractivity contribution in [3.63, 3.8) is 0 Å². The van der Waals surface area contributed by atoms with Crippen molar-refractivity contribution in [1.29, 1.82) is 0 Å². The van der Waals surface area contributed by atoms with Gasteiger partial charge in [0.15, 0.2) is 0 Å². The third-order valence-electron chi connectivity index (χ3n) is 7.29. The molecule has 1 saturated heterocycles. The molecule has 29 heavy (non-hydrogen) atoms. The number of amides is 1. The minimum absolute atomic E-state index is 0.150. The maximum atomic E-state index is 13.1. The predicted molar refractivity (Wildman–Crippen MR) is 108 cm³/mol. The fourth-order valence-electron chi connectivity index (χ4n) is 5.32. The second-order valence-electron chi connectivity index (χ2n) is 9.20. The van der Waals surface area contributed by atoms with Gasteiger partial charge in [-0.15, -0.1) is 0 Å². The van der Waals surface area contributed by atoms with Crippen molar-refractivity contribution in [2.45, 2.75) is 45.2 Å². The van der Waals surface area contributed by atoms with Crippen molar-refractivity contribution in [2.75, 3.05) is 20.2 Å². The van der Waals surface area contributed by atoms with Crippen LogP contribution in [0.15, 0.2) is 35.9 Å². The number of ether oxygens (including phenoxy) is 1. The summed E-state index contributed by atoms with van der Waals surface area (Å²) in [5, 5.41) is 3.00. The number of rotatable bonds is 5. The maximum Gasteiger partial charge on any atom is 0.323 e. The van der Waals surface area contributed by atoms with E-state index in [2.05, 4.69) is 30.1 Å². The number of likely N-dealkylation sites (tertiary alicyclic amines) is 1. The number of fused-ring (bicyclic) bond motifs is 1. The molecule has 4 aliphatic rings. The first-order chi connectivity index (χ1) is 13.8. The minimum Gasteiger partial charge on any atom is -0.468 e. The van der Waals surface area contributed by atoms with E-state index in [4.69, 9.17) is 4.74 Å². The lowest BCUT2D eigenvalue weighted by Gasteiger charge is -2.57. The van der Waals surface area contributed by atoms with E-state index in [1.54, 1.807) is 0 Å². The highest BCUT2D eigenvalue weighted by atomic mass is 19.1. The van der Waals surface area contributed by atoms with E-state index in [1.165, 1.54) is 43.4 Å². The van der Waals surface area contributed by atoms with E-state index < -0.39 is 0 Å². The van der Waals surface area contributed by atoms with Crippen LogP contribution in [0, 0.1) is 23.1 Å². The van der Waals surface area contributed by atoms with Crippen LogP contribution in [0.3, 0.4) is 0 Å². The van der Waals surface area contributed by atoms with Crippen molar-refractivity contribution in [3.8, 4) is 0 Å². The lowest BCUT2D eigenvalue weighted by atomic mass is 9.49. The lowest BCUT2D eigenvalue weighted by Crippen LogP contribution is -2.50. The molecule has 1 aromatic carbocycles. The average molecular weight is 400 g/mol. The SMILES string of the molecule is COC(=O)[C@@H]1C[C@@H](NC(=O)c2ccc(F)cc2)CN1CC1=CC[C@H]2C[C@@H]1C2(C)C. The summed E-state index contributed by atoms with van der Waals surface area (Å²) in [4.78, 5) is 27.0. The highest BCUT2D eigenvalue weighted by Gasteiger charge is 2.52. The largest absolute Gasteiger partial charge is 0.468 e. The number of nitrogens with one attached hydrogen (secondary N) is 1. The van der Waals surface area contributed by atoms with Crippen LogP contribution in [0.1, 0.15) is 43.5 Å². The molecule has 5 rings (SSSR count). The Morgan fingerprint density at radius 3 is 2.59 bits per heavy atom. The van der Waals surface area contributed by atoms with Crippen LogP contribution in [0.5, 0.6) is 0 Å². The Bertz CT molecular complexity index is 833. The van der Waals surface area contributed by atoms with E-state index in [0.717, 1.165) is 18.9 Å². The van der Waals surface area contributed by atoms with Crippen molar-refractivity contribution in [3.05, 3.63) is 47.3 Å². The highest BCUT2D eigenvalue weighted by molar-refractivity contribution is 5.94. The smallest absolute Gasteiger partial charge is 0.323 e. The van der Waals surface area contributed by atoms with E-state index in [0.29, 0.717) is 29.9 Å². The molecule has 2 fully saturated rings. The summed E-state index contributed by atoms with van der Waals surface area (Å²) in [5.74, 6) is 0.466. The van der Waals surface area contributed by atoms with Crippen molar-refractivity contribution in [1.82, 2.24) is 10.2 Å². The number of nitrogens with zero attached hydrogens (tertiary/aromatic N) is 1. The van der Waals surface area contributed by atoms with Gasteiger partial charge in [-0.05, 0) is 60.8 Å². The molecule has 156 valence electrons. The highest BCUT2D eigenvalue weighted by Crippen LogP contribution is 2.59. The molecule has 1 N–H and O–H groups in total. The summed E-state index contributed by atoms with van der Waals surface area (Å²) in [6, 6.07) is 4.98. The zero-order valence-corrected chi connectivity index (χ0v) is 17.3. The molecule has 1 heterocycles. The zero-order chi connectivity index (χ0) is 20.8. The van der Waals surface area contributed by atoms with Crippen LogP contribution in [-0.2, 0) is 9.53 Å². The number of hydrogen-bond acceptors (Lipinski definition) is 4. The number of hydrogen-bond donors (Lipinski definition) is 1. The lowest BCUT2D eigenvalue weighted by molar-refractivity contribution is -0.145. The molecule has 1 saturated carbocycles.